The summed E-state index contributed by atoms with van der Waals surface area (Å²) in [5, 5.41) is 6.54. The van der Waals surface area contributed by atoms with Crippen LogP contribution < -0.4 is 16.4 Å². The predicted molar refractivity (Wildman–Crippen MR) is 131 cm³/mol. The number of halogens is 1. The third-order valence-corrected chi connectivity index (χ3v) is 6.47. The molecule has 0 saturated heterocycles. The Labute approximate surface area is 201 Å². The number of anilines is 3. The zero-order chi connectivity index (χ0) is 24.4. The van der Waals surface area contributed by atoms with Crippen molar-refractivity contribution in [2.45, 2.75) is 38.6 Å². The summed E-state index contributed by atoms with van der Waals surface area (Å²) < 4.78 is 5.79. The summed E-state index contributed by atoms with van der Waals surface area (Å²) in [5.41, 5.74) is 7.11. The van der Waals surface area contributed by atoms with Crippen molar-refractivity contribution in [1.82, 2.24) is 9.88 Å². The molecule has 3 aromatic rings. The van der Waals surface area contributed by atoms with Crippen molar-refractivity contribution in [3.63, 3.8) is 0 Å². The molecule has 2 heterocycles. The summed E-state index contributed by atoms with van der Waals surface area (Å²) in [4.78, 5) is 43.6. The van der Waals surface area contributed by atoms with Crippen LogP contribution in [-0.4, -0.2) is 40.7 Å². The fourth-order valence-electron chi connectivity index (χ4n) is 4.23. The van der Waals surface area contributed by atoms with E-state index >= 15 is 0 Å². The first-order valence-corrected chi connectivity index (χ1v) is 11.4. The summed E-state index contributed by atoms with van der Waals surface area (Å²) in [6, 6.07) is 8.27. The van der Waals surface area contributed by atoms with E-state index in [9.17, 15) is 14.4 Å². The number of carbonyl (C=O) groups excluding carboxylic acids is 3. The molecule has 0 bridgehead atoms. The lowest BCUT2D eigenvalue weighted by Gasteiger charge is -2.33. The quantitative estimate of drug-likeness (QED) is 0.464. The highest BCUT2D eigenvalue weighted by Crippen LogP contribution is 2.35. The lowest BCUT2D eigenvalue weighted by atomic mass is 9.84. The molecule has 0 radical (unpaired) electrons. The van der Waals surface area contributed by atoms with Gasteiger partial charge in [0.05, 0.1) is 5.02 Å². The number of furan rings is 1. The van der Waals surface area contributed by atoms with Crippen molar-refractivity contribution in [2.75, 3.05) is 23.4 Å². The van der Waals surface area contributed by atoms with Crippen molar-refractivity contribution in [3.8, 4) is 0 Å². The van der Waals surface area contributed by atoms with E-state index in [1.54, 1.807) is 49.2 Å². The Balaban J connectivity index is 1.55. The minimum atomic E-state index is -0.563. The number of benzene rings is 1. The monoisotopic (exact) mass is 483 g/mol. The molecular formula is C24H26ClN5O4. The van der Waals surface area contributed by atoms with Gasteiger partial charge in [-0.05, 0) is 56.0 Å². The molecule has 0 spiro atoms. The van der Waals surface area contributed by atoms with Gasteiger partial charge >= 0.3 is 0 Å². The summed E-state index contributed by atoms with van der Waals surface area (Å²) in [7, 11) is 1.79. The number of nitrogen functional groups attached to an aromatic ring is 1. The maximum atomic E-state index is 13.2. The van der Waals surface area contributed by atoms with Crippen molar-refractivity contribution >= 4 is 57.5 Å². The average molecular weight is 484 g/mol. The number of carbonyl (C=O) groups is 3. The van der Waals surface area contributed by atoms with Crippen LogP contribution in [0.5, 0.6) is 0 Å². The number of pyridine rings is 1. The second-order valence-corrected chi connectivity index (χ2v) is 8.94. The highest BCUT2D eigenvalue weighted by molar-refractivity contribution is 6.30. The van der Waals surface area contributed by atoms with E-state index in [1.165, 1.54) is 6.20 Å². The molecule has 1 aromatic carbocycles. The van der Waals surface area contributed by atoms with Gasteiger partial charge in [0.15, 0.2) is 0 Å². The Morgan fingerprint density at radius 1 is 1.12 bits per heavy atom. The highest BCUT2D eigenvalue weighted by Gasteiger charge is 2.31. The third-order valence-electron chi connectivity index (χ3n) is 6.25. The van der Waals surface area contributed by atoms with Crippen LogP contribution in [0.2, 0.25) is 5.02 Å². The fraction of sp³-hybridized carbons (Fsp3) is 0.333. The van der Waals surface area contributed by atoms with E-state index in [4.69, 9.17) is 21.8 Å². The first-order valence-electron chi connectivity index (χ1n) is 11.0. The van der Waals surface area contributed by atoms with Crippen LogP contribution in [0.4, 0.5) is 17.2 Å². The number of nitrogens with one attached hydrogen (secondary N) is 2. The topological polar surface area (TPSA) is 131 Å². The molecule has 34 heavy (non-hydrogen) atoms. The van der Waals surface area contributed by atoms with Crippen molar-refractivity contribution < 1.29 is 18.8 Å². The Hall–Kier alpha value is -3.59. The second-order valence-electron chi connectivity index (χ2n) is 8.50. The molecule has 10 heteroatoms. The number of amides is 3. The van der Waals surface area contributed by atoms with Crippen LogP contribution >= 0.6 is 11.6 Å². The van der Waals surface area contributed by atoms with Crippen molar-refractivity contribution in [3.05, 3.63) is 47.3 Å². The van der Waals surface area contributed by atoms with E-state index in [-0.39, 0.29) is 35.2 Å². The van der Waals surface area contributed by atoms with Crippen LogP contribution in [0.15, 0.2) is 40.9 Å². The second kappa shape index (κ2) is 9.72. The summed E-state index contributed by atoms with van der Waals surface area (Å²) in [6.07, 6.45) is 4.18. The molecule has 4 rings (SSSR count). The highest BCUT2D eigenvalue weighted by atomic mass is 35.5. The maximum absolute atomic E-state index is 13.2. The lowest BCUT2D eigenvalue weighted by Crippen LogP contribution is -2.40. The molecule has 178 valence electrons. The number of aromatic nitrogens is 1. The smallest absolute Gasteiger partial charge is 0.294 e. The molecule has 1 saturated carbocycles. The molecule has 0 unspecified atom stereocenters. The van der Waals surface area contributed by atoms with Gasteiger partial charge in [0, 0.05) is 43.2 Å². The van der Waals surface area contributed by atoms with E-state index in [0.29, 0.717) is 40.3 Å². The van der Waals surface area contributed by atoms with E-state index in [2.05, 4.69) is 15.6 Å². The molecule has 9 nitrogen and oxygen atoms in total. The maximum Gasteiger partial charge on any atom is 0.294 e. The van der Waals surface area contributed by atoms with E-state index in [0.717, 1.165) is 12.8 Å². The zero-order valence-corrected chi connectivity index (χ0v) is 19.7. The van der Waals surface area contributed by atoms with Crippen LogP contribution in [0.1, 0.15) is 43.2 Å². The minimum Gasteiger partial charge on any atom is -0.449 e. The van der Waals surface area contributed by atoms with Gasteiger partial charge in [-0.3, -0.25) is 14.4 Å². The molecule has 0 aliphatic heterocycles. The van der Waals surface area contributed by atoms with Crippen LogP contribution in [0.25, 0.3) is 11.0 Å². The van der Waals surface area contributed by atoms with Gasteiger partial charge in [-0.15, -0.1) is 0 Å². The van der Waals surface area contributed by atoms with Crippen LogP contribution in [0, 0.1) is 5.92 Å². The molecule has 4 N–H and O–H groups in total. The average Bonchev–Trinajstić information content (AvgIpc) is 3.17. The van der Waals surface area contributed by atoms with E-state index < -0.39 is 5.91 Å². The lowest BCUT2D eigenvalue weighted by molar-refractivity contribution is -0.130. The Morgan fingerprint density at radius 3 is 2.50 bits per heavy atom. The largest absolute Gasteiger partial charge is 0.449 e. The Bertz CT molecular complexity index is 1230. The molecular weight excluding hydrogens is 458 g/mol. The predicted octanol–water partition coefficient (Wildman–Crippen LogP) is 4.29. The number of nitrogens with two attached hydrogens (primary N) is 1. The first-order chi connectivity index (χ1) is 16.2. The van der Waals surface area contributed by atoms with Crippen molar-refractivity contribution in [1.29, 1.82) is 0 Å². The van der Waals surface area contributed by atoms with Crippen LogP contribution in [0.3, 0.4) is 0 Å². The Morgan fingerprint density at radius 2 is 1.85 bits per heavy atom. The van der Waals surface area contributed by atoms with Gasteiger partial charge in [-0.1, -0.05) is 11.6 Å². The molecule has 1 aliphatic carbocycles. The van der Waals surface area contributed by atoms with Gasteiger partial charge in [-0.25, -0.2) is 4.98 Å². The molecule has 0 atom stereocenters. The number of fused-ring (bicyclic) bond motifs is 1. The minimum absolute atomic E-state index is 0.0150. The molecule has 3 amide bonds. The molecule has 1 aliphatic rings. The normalized spacial score (nSPS) is 17.9. The first kappa shape index (κ1) is 23.6. The molecule has 2 aromatic heterocycles. The number of hydrogen-bond donors (Lipinski definition) is 3. The molecule has 1 fully saturated rings. The van der Waals surface area contributed by atoms with Gasteiger partial charge in [0.25, 0.3) is 5.91 Å². The summed E-state index contributed by atoms with van der Waals surface area (Å²) in [6.45, 7) is 1.54. The zero-order valence-electron chi connectivity index (χ0n) is 18.9. The number of nitrogens with zero attached hydrogens (tertiary/aromatic N) is 2. The standard InChI is InChI=1S/C24H26ClN5O4/c1-13(31)30(2)17-7-3-14(4-8-17)23(32)29-21-18-11-16(26)6-9-19(18)34-22(21)24(33)28-20-10-5-15(25)12-27-20/h5-6,9-12,14,17H,3-4,7-8,26H2,1-2H3,(H,29,32)(H,27,28,33)/t14-,17-. The van der Waals surface area contributed by atoms with Crippen LogP contribution in [-0.2, 0) is 9.59 Å². The van der Waals surface area contributed by atoms with E-state index in [1.807, 2.05) is 0 Å². The summed E-state index contributed by atoms with van der Waals surface area (Å²) >= 11 is 5.86. The fourth-order valence-corrected chi connectivity index (χ4v) is 4.34. The third kappa shape index (κ3) is 4.99. The van der Waals surface area contributed by atoms with Crippen molar-refractivity contribution in [2.24, 2.45) is 5.92 Å². The van der Waals surface area contributed by atoms with Gasteiger partial charge in [0.1, 0.15) is 17.1 Å². The van der Waals surface area contributed by atoms with Gasteiger partial charge in [-0.2, -0.15) is 0 Å². The van der Waals surface area contributed by atoms with Gasteiger partial charge in [0.2, 0.25) is 17.6 Å². The summed E-state index contributed by atoms with van der Waals surface area (Å²) in [5.74, 6) is -0.743. The number of hydrogen-bond acceptors (Lipinski definition) is 6. The Kier molecular flexibility index (Phi) is 6.74. The number of rotatable bonds is 5. The van der Waals surface area contributed by atoms with Gasteiger partial charge < -0.3 is 25.7 Å². The SMILES string of the molecule is CC(=O)N(C)[C@H]1CC[C@H](C(=O)Nc2c(C(=O)Nc3ccc(Cl)cn3)oc3ccc(N)cc23)CC1.